The SMILES string of the molecule is c1ccc(-c2cc(-n3c4ccccc4c4c([Si](c5ccccc5)(c5ccccc5)c5ccccc5)cccc43)c3c(c2)c2ccccc2n3-c2ccccc2-c2ccccc2)cc1. The summed E-state index contributed by atoms with van der Waals surface area (Å²) in [5, 5.41) is 10.4. The maximum absolute atomic E-state index is 2.94. The topological polar surface area (TPSA) is 9.86 Å². The number of rotatable bonds is 8. The molecule has 63 heavy (non-hydrogen) atoms. The molecular weight excluding hydrogens is 777 g/mol. The summed E-state index contributed by atoms with van der Waals surface area (Å²) in [6.45, 7) is 0. The average Bonchev–Trinajstić information content (AvgIpc) is 3.89. The predicted molar refractivity (Wildman–Crippen MR) is 270 cm³/mol. The van der Waals surface area contributed by atoms with Crippen molar-refractivity contribution in [2.45, 2.75) is 0 Å². The van der Waals surface area contributed by atoms with E-state index in [0.29, 0.717) is 0 Å². The Morgan fingerprint density at radius 1 is 0.286 bits per heavy atom. The molecule has 0 atom stereocenters. The average molecular weight is 819 g/mol. The lowest BCUT2D eigenvalue weighted by Gasteiger charge is -2.35. The van der Waals surface area contributed by atoms with Crippen LogP contribution in [0.5, 0.6) is 0 Å². The fourth-order valence-corrected chi connectivity index (χ4v) is 15.4. The summed E-state index contributed by atoms with van der Waals surface area (Å²) < 4.78 is 5.10. The summed E-state index contributed by atoms with van der Waals surface area (Å²) in [6.07, 6.45) is 0. The summed E-state index contributed by atoms with van der Waals surface area (Å²) in [5.74, 6) is 0. The highest BCUT2D eigenvalue weighted by molar-refractivity contribution is 7.20. The van der Waals surface area contributed by atoms with Crippen molar-refractivity contribution in [3.8, 4) is 33.6 Å². The molecule has 0 radical (unpaired) electrons. The molecule has 0 amide bonds. The van der Waals surface area contributed by atoms with Gasteiger partial charge in [-0.2, -0.15) is 0 Å². The van der Waals surface area contributed by atoms with E-state index in [2.05, 4.69) is 264 Å². The summed E-state index contributed by atoms with van der Waals surface area (Å²) in [7, 11) is -2.94. The first-order valence-corrected chi connectivity index (χ1v) is 23.8. The number of hydrogen-bond donors (Lipinski definition) is 0. The van der Waals surface area contributed by atoms with E-state index in [-0.39, 0.29) is 0 Å². The summed E-state index contributed by atoms with van der Waals surface area (Å²) in [5.41, 5.74) is 11.7. The van der Waals surface area contributed by atoms with Crippen LogP contribution in [-0.2, 0) is 0 Å². The number of para-hydroxylation sites is 3. The maximum Gasteiger partial charge on any atom is 0.180 e. The van der Waals surface area contributed by atoms with Gasteiger partial charge < -0.3 is 9.13 Å². The van der Waals surface area contributed by atoms with Gasteiger partial charge in [0.15, 0.2) is 8.07 Å². The van der Waals surface area contributed by atoms with Crippen molar-refractivity contribution in [1.82, 2.24) is 9.13 Å². The van der Waals surface area contributed by atoms with E-state index in [1.807, 2.05) is 0 Å². The standard InChI is InChI=1S/C60H42N2Si/c1-6-23-43(24-7-1)45-41-52-50-34-17-20-37-54(50)62(53-36-19-16-33-49(53)44-25-8-2-9-26-44)60(52)57(42-45)61-55-38-21-18-35-51(55)59-56(61)39-22-40-58(59)63(46-27-10-3-11-28-46,47-29-12-4-13-30-47)48-31-14-5-15-32-48/h1-42H. The molecule has 0 spiro atoms. The van der Waals surface area contributed by atoms with Crippen LogP contribution in [0.3, 0.4) is 0 Å². The van der Waals surface area contributed by atoms with Crippen molar-refractivity contribution in [2.75, 3.05) is 0 Å². The Morgan fingerprint density at radius 2 is 0.762 bits per heavy atom. The fraction of sp³-hybridized carbons (Fsp3) is 0. The van der Waals surface area contributed by atoms with Gasteiger partial charge >= 0.3 is 0 Å². The Kier molecular flexibility index (Phi) is 8.87. The van der Waals surface area contributed by atoms with Gasteiger partial charge in [-0.3, -0.25) is 0 Å². The molecule has 0 saturated carbocycles. The highest BCUT2D eigenvalue weighted by Gasteiger charge is 2.43. The molecule has 0 saturated heterocycles. The molecule has 12 rings (SSSR count). The van der Waals surface area contributed by atoms with Crippen molar-refractivity contribution in [2.24, 2.45) is 0 Å². The Morgan fingerprint density at radius 3 is 1.38 bits per heavy atom. The highest BCUT2D eigenvalue weighted by Crippen LogP contribution is 2.43. The molecular formula is C60H42N2Si. The number of benzene rings is 10. The molecule has 12 aromatic rings. The van der Waals surface area contributed by atoms with Gasteiger partial charge in [0, 0.05) is 27.1 Å². The second-order valence-corrected chi connectivity index (χ2v) is 20.2. The lowest BCUT2D eigenvalue weighted by molar-refractivity contribution is 1.13. The lowest BCUT2D eigenvalue weighted by Crippen LogP contribution is -2.74. The van der Waals surface area contributed by atoms with Gasteiger partial charge in [-0.1, -0.05) is 218 Å². The zero-order chi connectivity index (χ0) is 41.7. The van der Waals surface area contributed by atoms with E-state index >= 15 is 0 Å². The maximum atomic E-state index is 2.57. The van der Waals surface area contributed by atoms with Gasteiger partial charge in [0.05, 0.1) is 33.4 Å². The molecule has 296 valence electrons. The highest BCUT2D eigenvalue weighted by atomic mass is 28.3. The van der Waals surface area contributed by atoms with E-state index in [1.54, 1.807) is 0 Å². The molecule has 2 aromatic heterocycles. The zero-order valence-electron chi connectivity index (χ0n) is 34.6. The van der Waals surface area contributed by atoms with Gasteiger partial charge in [0.1, 0.15) is 0 Å². The number of nitrogens with zero attached hydrogens (tertiary/aromatic N) is 2. The van der Waals surface area contributed by atoms with Crippen LogP contribution in [0, 0.1) is 0 Å². The number of hydrogen-bond acceptors (Lipinski definition) is 0. The predicted octanol–water partition coefficient (Wildman–Crippen LogP) is 12.6. The van der Waals surface area contributed by atoms with Crippen molar-refractivity contribution in [3.63, 3.8) is 0 Å². The largest absolute Gasteiger partial charge is 0.307 e. The Balaban J connectivity index is 1.27. The number of fused-ring (bicyclic) bond motifs is 6. The van der Waals surface area contributed by atoms with Crippen LogP contribution < -0.4 is 20.7 Å². The van der Waals surface area contributed by atoms with E-state index < -0.39 is 8.07 Å². The van der Waals surface area contributed by atoms with E-state index in [4.69, 9.17) is 0 Å². The van der Waals surface area contributed by atoms with E-state index in [0.717, 1.165) is 11.4 Å². The quantitative estimate of drug-likeness (QED) is 0.107. The van der Waals surface area contributed by atoms with Gasteiger partial charge in [0.25, 0.3) is 0 Å². The first kappa shape index (κ1) is 36.8. The lowest BCUT2D eigenvalue weighted by atomic mass is 10.0. The molecule has 0 aliphatic carbocycles. The molecule has 2 nitrogen and oxygen atoms in total. The smallest absolute Gasteiger partial charge is 0.180 e. The van der Waals surface area contributed by atoms with Crippen LogP contribution >= 0.6 is 0 Å². The molecule has 2 heterocycles. The molecule has 0 aliphatic heterocycles. The monoisotopic (exact) mass is 818 g/mol. The normalized spacial score (nSPS) is 11.8. The van der Waals surface area contributed by atoms with Crippen molar-refractivity contribution in [3.05, 3.63) is 255 Å². The fourth-order valence-electron chi connectivity index (χ4n) is 10.4. The van der Waals surface area contributed by atoms with Crippen LogP contribution in [0.4, 0.5) is 0 Å². The Hall–Kier alpha value is -7.98. The molecule has 0 unspecified atom stereocenters. The second-order valence-electron chi connectivity index (χ2n) is 16.4. The third kappa shape index (κ3) is 5.78. The molecule has 0 bridgehead atoms. The van der Waals surface area contributed by atoms with Crippen LogP contribution in [-0.4, -0.2) is 17.2 Å². The second kappa shape index (κ2) is 15.2. The molecule has 0 N–H and O–H groups in total. The first-order chi connectivity index (χ1) is 31.3. The van der Waals surface area contributed by atoms with Crippen molar-refractivity contribution < 1.29 is 0 Å². The van der Waals surface area contributed by atoms with E-state index in [1.165, 1.54) is 86.6 Å². The summed E-state index contributed by atoms with van der Waals surface area (Å²) >= 11 is 0. The molecule has 0 fully saturated rings. The molecule has 0 aliphatic rings. The van der Waals surface area contributed by atoms with Crippen LogP contribution in [0.15, 0.2) is 255 Å². The van der Waals surface area contributed by atoms with Gasteiger partial charge in [0.2, 0.25) is 0 Å². The molecule has 3 heteroatoms. The minimum atomic E-state index is -2.94. The van der Waals surface area contributed by atoms with Gasteiger partial charge in [-0.15, -0.1) is 0 Å². The molecule has 10 aromatic carbocycles. The van der Waals surface area contributed by atoms with Crippen molar-refractivity contribution >= 4 is 72.4 Å². The summed E-state index contributed by atoms with van der Waals surface area (Å²) in [4.78, 5) is 0. The van der Waals surface area contributed by atoms with Crippen molar-refractivity contribution in [1.29, 1.82) is 0 Å². The van der Waals surface area contributed by atoms with E-state index in [9.17, 15) is 0 Å². The number of aromatic nitrogens is 2. The third-order valence-corrected chi connectivity index (χ3v) is 17.9. The van der Waals surface area contributed by atoms with Crippen LogP contribution in [0.2, 0.25) is 0 Å². The van der Waals surface area contributed by atoms with Gasteiger partial charge in [-0.05, 0) is 73.8 Å². The minimum absolute atomic E-state index is 1.14. The third-order valence-electron chi connectivity index (χ3n) is 13.0. The Bertz CT molecular complexity index is 3500. The summed E-state index contributed by atoms with van der Waals surface area (Å²) in [6, 6.07) is 94.4. The van der Waals surface area contributed by atoms with Crippen LogP contribution in [0.1, 0.15) is 0 Å². The van der Waals surface area contributed by atoms with Gasteiger partial charge in [-0.25, -0.2) is 0 Å². The Labute approximate surface area is 368 Å². The first-order valence-electron chi connectivity index (χ1n) is 21.8. The zero-order valence-corrected chi connectivity index (χ0v) is 35.6. The van der Waals surface area contributed by atoms with Crippen LogP contribution in [0.25, 0.3) is 77.2 Å². The minimum Gasteiger partial charge on any atom is -0.307 e.